The van der Waals surface area contributed by atoms with Gasteiger partial charge in [0.25, 0.3) is 0 Å². The second kappa shape index (κ2) is 8.43. The van der Waals surface area contributed by atoms with Gasteiger partial charge in [-0.3, -0.25) is 14.5 Å². The van der Waals surface area contributed by atoms with E-state index in [-0.39, 0.29) is 0 Å². The molecule has 0 amide bonds. The summed E-state index contributed by atoms with van der Waals surface area (Å²) in [6, 6.07) is 12.9. The smallest absolute Gasteiger partial charge is 0.177 e. The third kappa shape index (κ3) is 3.30. The van der Waals surface area contributed by atoms with E-state index in [9.17, 15) is 0 Å². The van der Waals surface area contributed by atoms with E-state index in [4.69, 9.17) is 4.42 Å². The average Bonchev–Trinajstić information content (AvgIpc) is 3.57. The number of nitrogens with zero attached hydrogens (tertiary/aromatic N) is 9. The first-order valence-corrected chi connectivity index (χ1v) is 10.3. The fourth-order valence-electron chi connectivity index (χ4n) is 3.87. The van der Waals surface area contributed by atoms with Crippen LogP contribution in [0.4, 0.5) is 0 Å². The molecule has 0 aromatic carbocycles. The number of hydrogen-bond acceptors (Lipinski definition) is 9. The lowest BCUT2D eigenvalue weighted by molar-refractivity contribution is 0.578. The van der Waals surface area contributed by atoms with Crippen LogP contribution in [0.5, 0.6) is 0 Å². The van der Waals surface area contributed by atoms with Crippen LogP contribution in [-0.2, 0) is 0 Å². The van der Waals surface area contributed by atoms with Gasteiger partial charge < -0.3 is 4.42 Å². The maximum atomic E-state index is 5.89. The Morgan fingerprint density at radius 2 is 1.56 bits per heavy atom. The van der Waals surface area contributed by atoms with E-state index in [1.165, 1.54) is 0 Å². The van der Waals surface area contributed by atoms with E-state index >= 15 is 0 Å². The maximum Gasteiger partial charge on any atom is 0.177 e. The summed E-state index contributed by atoms with van der Waals surface area (Å²) in [7, 11) is 0. The van der Waals surface area contributed by atoms with Gasteiger partial charge in [-0.2, -0.15) is 0 Å². The molecule has 0 atom stereocenters. The van der Waals surface area contributed by atoms with E-state index in [1.54, 1.807) is 61.8 Å². The topological polar surface area (TPSA) is 121 Å². The lowest BCUT2D eigenvalue weighted by Crippen LogP contribution is -2.04. The molecule has 0 radical (unpaired) electrons. The molecule has 0 unspecified atom stereocenters. The molecule has 6 rings (SSSR count). The molecule has 0 saturated carbocycles. The first kappa shape index (κ1) is 19.6. The lowest BCUT2D eigenvalue weighted by Gasteiger charge is -2.12. The number of hydrogen-bond donors (Lipinski definition) is 0. The van der Waals surface area contributed by atoms with Gasteiger partial charge in [0.05, 0.1) is 30.0 Å². The summed E-state index contributed by atoms with van der Waals surface area (Å²) in [5.41, 5.74) is 4.00. The van der Waals surface area contributed by atoms with E-state index in [2.05, 4.69) is 40.3 Å². The molecule has 10 nitrogen and oxygen atoms in total. The molecule has 0 aliphatic carbocycles. The van der Waals surface area contributed by atoms with Crippen molar-refractivity contribution in [3.8, 4) is 51.3 Å². The van der Waals surface area contributed by atoms with Crippen LogP contribution in [-0.4, -0.2) is 44.9 Å². The molecule has 10 heteroatoms. The molecule has 0 fully saturated rings. The van der Waals surface area contributed by atoms with Crippen LogP contribution in [0.2, 0.25) is 0 Å². The molecule has 0 bridgehead atoms. The highest BCUT2D eigenvalue weighted by Gasteiger charge is 2.32. The van der Waals surface area contributed by atoms with Gasteiger partial charge >= 0.3 is 0 Å². The number of furan rings is 1. The molecule has 34 heavy (non-hydrogen) atoms. The summed E-state index contributed by atoms with van der Waals surface area (Å²) < 4.78 is 7.85. The van der Waals surface area contributed by atoms with Crippen molar-refractivity contribution >= 4 is 0 Å². The predicted octanol–water partition coefficient (Wildman–Crippen LogP) is 3.90. The van der Waals surface area contributed by atoms with Crippen LogP contribution in [0.1, 0.15) is 0 Å². The predicted molar refractivity (Wildman–Crippen MR) is 122 cm³/mol. The van der Waals surface area contributed by atoms with Gasteiger partial charge in [-0.05, 0) is 41.6 Å². The molecule has 0 N–H and O–H groups in total. The van der Waals surface area contributed by atoms with E-state index in [0.29, 0.717) is 40.2 Å². The molecule has 6 aromatic rings. The minimum absolute atomic E-state index is 0.481. The highest BCUT2D eigenvalue weighted by molar-refractivity contribution is 5.99. The highest BCUT2D eigenvalue weighted by Crippen LogP contribution is 2.47. The van der Waals surface area contributed by atoms with Crippen LogP contribution in [0, 0.1) is 0 Å². The monoisotopic (exact) mass is 445 g/mol. The molecule has 6 aromatic heterocycles. The Morgan fingerprint density at radius 1 is 0.676 bits per heavy atom. The molecular formula is C24H15N9O. The lowest BCUT2D eigenvalue weighted by atomic mass is 10.0. The SMILES string of the molecule is c1ccc(-n2c(-c3ncccn3)c(-c3cnccn3)c(-c3ccnnn3)c2-c2ccco2)nc1. The quantitative estimate of drug-likeness (QED) is 0.389. The van der Waals surface area contributed by atoms with Crippen molar-refractivity contribution in [1.82, 2.24) is 44.9 Å². The number of rotatable bonds is 5. The van der Waals surface area contributed by atoms with Gasteiger partial charge in [-0.25, -0.2) is 15.0 Å². The molecule has 0 aliphatic rings. The molecule has 6 heterocycles. The Balaban J connectivity index is 1.85. The summed E-state index contributed by atoms with van der Waals surface area (Å²) in [4.78, 5) is 22.7. The zero-order valence-electron chi connectivity index (χ0n) is 17.6. The second-order valence-electron chi connectivity index (χ2n) is 7.12. The fourth-order valence-corrected chi connectivity index (χ4v) is 3.87. The number of pyridine rings is 1. The van der Waals surface area contributed by atoms with Crippen molar-refractivity contribution in [3.63, 3.8) is 0 Å². The molecule has 0 spiro atoms. The van der Waals surface area contributed by atoms with Crippen LogP contribution < -0.4 is 0 Å². The summed E-state index contributed by atoms with van der Waals surface area (Å²) >= 11 is 0. The summed E-state index contributed by atoms with van der Waals surface area (Å²) in [6.45, 7) is 0. The summed E-state index contributed by atoms with van der Waals surface area (Å²) in [5, 5.41) is 12.1. The van der Waals surface area contributed by atoms with Gasteiger partial charge in [0, 0.05) is 42.1 Å². The highest BCUT2D eigenvalue weighted by atomic mass is 16.3. The van der Waals surface area contributed by atoms with Gasteiger partial charge in [-0.1, -0.05) is 6.07 Å². The molecule has 162 valence electrons. The van der Waals surface area contributed by atoms with Gasteiger partial charge in [0.2, 0.25) is 0 Å². The molecule has 0 aliphatic heterocycles. The Labute approximate surface area is 193 Å². The Bertz CT molecular complexity index is 1420. The molecule has 0 saturated heterocycles. The van der Waals surface area contributed by atoms with Crippen molar-refractivity contribution in [1.29, 1.82) is 0 Å². The largest absolute Gasteiger partial charge is 0.463 e. The van der Waals surface area contributed by atoms with Crippen molar-refractivity contribution in [2.24, 2.45) is 0 Å². The normalized spacial score (nSPS) is 10.9. The van der Waals surface area contributed by atoms with Crippen molar-refractivity contribution in [2.45, 2.75) is 0 Å². The fraction of sp³-hybridized carbons (Fsp3) is 0. The second-order valence-corrected chi connectivity index (χ2v) is 7.12. The van der Waals surface area contributed by atoms with Gasteiger partial charge in [0.15, 0.2) is 11.6 Å². The van der Waals surface area contributed by atoms with E-state index in [0.717, 1.165) is 11.1 Å². The maximum absolute atomic E-state index is 5.89. The zero-order valence-corrected chi connectivity index (χ0v) is 17.6. The van der Waals surface area contributed by atoms with Crippen LogP contribution in [0.25, 0.3) is 51.3 Å². The number of aromatic nitrogens is 9. The van der Waals surface area contributed by atoms with Crippen LogP contribution in [0.15, 0.2) is 96.5 Å². The van der Waals surface area contributed by atoms with Gasteiger partial charge in [-0.15, -0.1) is 10.2 Å². The Morgan fingerprint density at radius 3 is 2.26 bits per heavy atom. The van der Waals surface area contributed by atoms with Crippen molar-refractivity contribution < 1.29 is 4.42 Å². The van der Waals surface area contributed by atoms with Crippen LogP contribution >= 0.6 is 0 Å². The van der Waals surface area contributed by atoms with Crippen molar-refractivity contribution in [3.05, 3.63) is 92.1 Å². The summed E-state index contributed by atoms with van der Waals surface area (Å²) in [5.74, 6) is 1.73. The standard InChI is InChI=1S/C24H15N9O/c1-2-8-27-19(6-1)33-22(18-5-3-14-34-18)20(16-7-11-30-32-31-16)21(17-15-25-12-13-26-17)23(33)24-28-9-4-10-29-24/h1-15H. The Kier molecular flexibility index (Phi) is 4.85. The van der Waals surface area contributed by atoms with Crippen LogP contribution in [0.3, 0.4) is 0 Å². The van der Waals surface area contributed by atoms with Gasteiger partial charge in [0.1, 0.15) is 17.2 Å². The third-order valence-electron chi connectivity index (χ3n) is 5.16. The average molecular weight is 445 g/mol. The zero-order chi connectivity index (χ0) is 22.7. The first-order chi connectivity index (χ1) is 16.9. The van der Waals surface area contributed by atoms with E-state index < -0.39 is 0 Å². The molecular weight excluding hydrogens is 430 g/mol. The summed E-state index contributed by atoms with van der Waals surface area (Å²) in [6.07, 6.45) is 13.3. The first-order valence-electron chi connectivity index (χ1n) is 10.3. The minimum atomic E-state index is 0.481. The van der Waals surface area contributed by atoms with Crippen molar-refractivity contribution in [2.75, 3.05) is 0 Å². The minimum Gasteiger partial charge on any atom is -0.463 e. The third-order valence-corrected chi connectivity index (χ3v) is 5.16. The Hall–Kier alpha value is -5.12. The van der Waals surface area contributed by atoms with E-state index in [1.807, 2.05) is 34.9 Å².